The molecule has 1 amide bonds. The van der Waals surface area contributed by atoms with E-state index in [0.29, 0.717) is 11.6 Å². The van der Waals surface area contributed by atoms with E-state index in [4.69, 9.17) is 0 Å². The number of carbonyl (C=O) groups excluding carboxylic acids is 1. The highest BCUT2D eigenvalue weighted by molar-refractivity contribution is 5.92. The summed E-state index contributed by atoms with van der Waals surface area (Å²) in [5.41, 5.74) is 1.72. The van der Waals surface area contributed by atoms with Gasteiger partial charge in [0.05, 0.1) is 0 Å². The number of para-hydroxylation sites is 1. The molecule has 2 aromatic rings. The molecule has 1 aromatic heterocycles. The summed E-state index contributed by atoms with van der Waals surface area (Å²) in [5.74, 6) is 0.609. The number of amides is 1. The van der Waals surface area contributed by atoms with Crippen molar-refractivity contribution in [2.24, 2.45) is 0 Å². The molecule has 3 rings (SSSR count). The van der Waals surface area contributed by atoms with Crippen LogP contribution < -0.4 is 9.80 Å². The van der Waals surface area contributed by atoms with Gasteiger partial charge in [-0.15, -0.1) is 0 Å². The lowest BCUT2D eigenvalue weighted by molar-refractivity contribution is 0.0787. The first-order chi connectivity index (χ1) is 12.7. The van der Waals surface area contributed by atoms with Crippen molar-refractivity contribution in [3.8, 4) is 0 Å². The van der Waals surface area contributed by atoms with Crippen LogP contribution in [0.15, 0.2) is 42.6 Å². The number of unbranched alkanes of at least 4 members (excludes halogenated alkanes) is 1. The van der Waals surface area contributed by atoms with Crippen LogP contribution in [0.25, 0.3) is 0 Å². The minimum absolute atomic E-state index is 0.0370. The highest BCUT2D eigenvalue weighted by Crippen LogP contribution is 2.18. The van der Waals surface area contributed by atoms with Gasteiger partial charge in [0.15, 0.2) is 0 Å². The number of rotatable bonds is 6. The molecule has 1 aliphatic rings. The van der Waals surface area contributed by atoms with Crippen LogP contribution in [0.3, 0.4) is 0 Å². The second-order valence-corrected chi connectivity index (χ2v) is 6.63. The van der Waals surface area contributed by atoms with E-state index in [-0.39, 0.29) is 5.91 Å². The second kappa shape index (κ2) is 8.65. The Morgan fingerprint density at radius 1 is 1.08 bits per heavy atom. The molecule has 26 heavy (non-hydrogen) atoms. The molecular formula is C20H27N5O. The molecule has 0 atom stereocenters. The number of piperazine rings is 1. The van der Waals surface area contributed by atoms with E-state index in [1.54, 1.807) is 17.2 Å². The topological polar surface area (TPSA) is 52.6 Å². The van der Waals surface area contributed by atoms with Gasteiger partial charge in [0.1, 0.15) is 5.69 Å². The van der Waals surface area contributed by atoms with Crippen molar-refractivity contribution in [1.82, 2.24) is 14.9 Å². The molecule has 1 saturated heterocycles. The van der Waals surface area contributed by atoms with Crippen molar-refractivity contribution in [3.63, 3.8) is 0 Å². The van der Waals surface area contributed by atoms with Crippen LogP contribution in [-0.2, 0) is 0 Å². The zero-order chi connectivity index (χ0) is 18.4. The first-order valence-corrected chi connectivity index (χ1v) is 9.32. The zero-order valence-electron chi connectivity index (χ0n) is 15.6. The number of anilines is 2. The van der Waals surface area contributed by atoms with Crippen LogP contribution in [0.1, 0.15) is 30.3 Å². The van der Waals surface area contributed by atoms with Crippen molar-refractivity contribution in [2.45, 2.75) is 19.8 Å². The van der Waals surface area contributed by atoms with E-state index in [1.165, 1.54) is 5.69 Å². The van der Waals surface area contributed by atoms with E-state index >= 15 is 0 Å². The second-order valence-electron chi connectivity index (χ2n) is 6.63. The Hall–Kier alpha value is -2.63. The summed E-state index contributed by atoms with van der Waals surface area (Å²) < 4.78 is 0. The maximum absolute atomic E-state index is 12.5. The number of benzene rings is 1. The molecular weight excluding hydrogens is 326 g/mol. The molecule has 1 aromatic carbocycles. The van der Waals surface area contributed by atoms with Gasteiger partial charge in [-0.25, -0.2) is 9.97 Å². The highest BCUT2D eigenvalue weighted by Gasteiger charge is 2.21. The lowest BCUT2D eigenvalue weighted by atomic mass is 10.2. The number of aromatic nitrogens is 2. The molecule has 6 nitrogen and oxygen atoms in total. The van der Waals surface area contributed by atoms with E-state index in [9.17, 15) is 4.79 Å². The van der Waals surface area contributed by atoms with Crippen LogP contribution in [0.4, 0.5) is 11.6 Å². The van der Waals surface area contributed by atoms with Crippen LogP contribution >= 0.6 is 0 Å². The zero-order valence-corrected chi connectivity index (χ0v) is 15.6. The van der Waals surface area contributed by atoms with Crippen molar-refractivity contribution >= 4 is 17.5 Å². The van der Waals surface area contributed by atoms with Gasteiger partial charge in [-0.05, 0) is 24.6 Å². The number of nitrogens with zero attached hydrogens (tertiary/aromatic N) is 5. The summed E-state index contributed by atoms with van der Waals surface area (Å²) >= 11 is 0. The van der Waals surface area contributed by atoms with Crippen molar-refractivity contribution < 1.29 is 4.79 Å². The summed E-state index contributed by atoms with van der Waals surface area (Å²) in [6, 6.07) is 12.1. The van der Waals surface area contributed by atoms with Gasteiger partial charge in [0.25, 0.3) is 5.91 Å². The molecule has 0 bridgehead atoms. The van der Waals surface area contributed by atoms with Crippen molar-refractivity contribution in [1.29, 1.82) is 0 Å². The molecule has 0 aliphatic carbocycles. The summed E-state index contributed by atoms with van der Waals surface area (Å²) in [7, 11) is 1.83. The molecule has 0 unspecified atom stereocenters. The fourth-order valence-corrected chi connectivity index (χ4v) is 3.12. The monoisotopic (exact) mass is 353 g/mol. The van der Waals surface area contributed by atoms with Crippen molar-refractivity contribution in [2.75, 3.05) is 49.6 Å². The molecule has 2 heterocycles. The molecule has 0 N–H and O–H groups in total. The SMILES string of the molecule is CCCCN(C)C(=O)c1ccnc(N2CCN(c3ccccc3)CC2)n1. The van der Waals surface area contributed by atoms with Crippen LogP contribution in [0, 0.1) is 0 Å². The first-order valence-electron chi connectivity index (χ1n) is 9.32. The highest BCUT2D eigenvalue weighted by atomic mass is 16.2. The molecule has 0 saturated carbocycles. The Morgan fingerprint density at radius 2 is 1.77 bits per heavy atom. The molecule has 138 valence electrons. The van der Waals surface area contributed by atoms with Crippen LogP contribution in [0.5, 0.6) is 0 Å². The van der Waals surface area contributed by atoms with Gasteiger partial charge in [-0.3, -0.25) is 4.79 Å². The first kappa shape index (κ1) is 18.2. The maximum atomic E-state index is 12.5. The van der Waals surface area contributed by atoms with Crippen molar-refractivity contribution in [3.05, 3.63) is 48.3 Å². The minimum atomic E-state index is -0.0370. The van der Waals surface area contributed by atoms with Gasteiger partial charge in [-0.2, -0.15) is 0 Å². The lowest BCUT2D eigenvalue weighted by Gasteiger charge is -2.36. The Kier molecular flexibility index (Phi) is 6.04. The Labute approximate surface area is 155 Å². The molecule has 0 radical (unpaired) electrons. The average molecular weight is 353 g/mol. The summed E-state index contributed by atoms with van der Waals surface area (Å²) in [6.45, 7) is 6.40. The lowest BCUT2D eigenvalue weighted by Crippen LogP contribution is -2.47. The number of hydrogen-bond donors (Lipinski definition) is 0. The van der Waals surface area contributed by atoms with Gasteiger partial charge in [0.2, 0.25) is 5.95 Å². The third-order valence-electron chi connectivity index (χ3n) is 4.74. The molecule has 1 aliphatic heterocycles. The van der Waals surface area contributed by atoms with Crippen LogP contribution in [0.2, 0.25) is 0 Å². The summed E-state index contributed by atoms with van der Waals surface area (Å²) in [6.07, 6.45) is 3.76. The third-order valence-corrected chi connectivity index (χ3v) is 4.74. The molecule has 1 fully saturated rings. The van der Waals surface area contributed by atoms with Gasteiger partial charge >= 0.3 is 0 Å². The largest absolute Gasteiger partial charge is 0.368 e. The quantitative estimate of drug-likeness (QED) is 0.799. The predicted molar refractivity (Wildman–Crippen MR) is 105 cm³/mol. The Bertz CT molecular complexity index is 713. The van der Waals surface area contributed by atoms with Gasteiger partial charge in [0, 0.05) is 51.7 Å². The summed E-state index contributed by atoms with van der Waals surface area (Å²) in [4.78, 5) is 27.7. The normalized spacial score (nSPS) is 14.4. The minimum Gasteiger partial charge on any atom is -0.368 e. The standard InChI is InChI=1S/C20H27N5O/c1-3-4-12-23(2)19(26)18-10-11-21-20(22-18)25-15-13-24(14-16-25)17-8-6-5-7-9-17/h5-11H,3-4,12-16H2,1-2H3. The predicted octanol–water partition coefficient (Wildman–Crippen LogP) is 2.68. The molecule has 0 spiro atoms. The van der Waals surface area contributed by atoms with E-state index < -0.39 is 0 Å². The smallest absolute Gasteiger partial charge is 0.272 e. The van der Waals surface area contributed by atoms with E-state index in [0.717, 1.165) is 45.6 Å². The number of carbonyl (C=O) groups is 1. The fraction of sp³-hybridized carbons (Fsp3) is 0.450. The van der Waals surface area contributed by atoms with Gasteiger partial charge < -0.3 is 14.7 Å². The maximum Gasteiger partial charge on any atom is 0.272 e. The summed E-state index contributed by atoms with van der Waals surface area (Å²) in [5, 5.41) is 0. The van der Waals surface area contributed by atoms with Crippen LogP contribution in [-0.4, -0.2) is 60.5 Å². The Balaban J connectivity index is 1.63. The molecule has 6 heteroatoms. The van der Waals surface area contributed by atoms with E-state index in [2.05, 4.69) is 51.0 Å². The number of hydrogen-bond acceptors (Lipinski definition) is 5. The van der Waals surface area contributed by atoms with E-state index in [1.807, 2.05) is 13.1 Å². The third kappa shape index (κ3) is 4.31. The average Bonchev–Trinajstić information content (AvgIpc) is 2.72. The Morgan fingerprint density at radius 3 is 2.46 bits per heavy atom. The van der Waals surface area contributed by atoms with Gasteiger partial charge in [-0.1, -0.05) is 31.5 Å². The fourth-order valence-electron chi connectivity index (χ4n) is 3.12.